The number of hydrogen-bond acceptors (Lipinski definition) is 3. The van der Waals surface area contributed by atoms with Crippen LogP contribution in [0.5, 0.6) is 0 Å². The third-order valence-corrected chi connectivity index (χ3v) is 3.34. The molecule has 1 aromatic carbocycles. The number of aromatic amines is 1. The molecule has 0 radical (unpaired) electrons. The lowest BCUT2D eigenvalue weighted by atomic mass is 10.1. The van der Waals surface area contributed by atoms with Crippen molar-refractivity contribution in [3.05, 3.63) is 69.7 Å². The number of hydrogen-bond donors (Lipinski definition) is 2. The van der Waals surface area contributed by atoms with Crippen LogP contribution < -0.4 is 10.7 Å². The van der Waals surface area contributed by atoms with Gasteiger partial charge in [-0.2, -0.15) is 0 Å². The van der Waals surface area contributed by atoms with Crippen molar-refractivity contribution in [3.63, 3.8) is 0 Å². The smallest absolute Gasteiger partial charge is 0.261 e. The molecule has 3 aromatic rings. The van der Waals surface area contributed by atoms with Crippen molar-refractivity contribution in [1.82, 2.24) is 9.97 Å². The number of halogens is 1. The van der Waals surface area contributed by atoms with E-state index in [-0.39, 0.29) is 11.0 Å². The number of fused-ring (bicyclic) bond motifs is 1. The minimum absolute atomic E-state index is 0.0219. The van der Waals surface area contributed by atoms with Crippen molar-refractivity contribution in [2.75, 3.05) is 5.32 Å². The lowest BCUT2D eigenvalue weighted by molar-refractivity contribution is 0.102. The zero-order valence-electron chi connectivity index (χ0n) is 10.8. The van der Waals surface area contributed by atoms with Crippen molar-refractivity contribution in [2.45, 2.75) is 0 Å². The molecule has 0 bridgehead atoms. The van der Waals surface area contributed by atoms with Gasteiger partial charge in [-0.3, -0.25) is 14.6 Å². The van der Waals surface area contributed by atoms with Crippen molar-refractivity contribution >= 4 is 34.1 Å². The summed E-state index contributed by atoms with van der Waals surface area (Å²) in [6.45, 7) is 0. The lowest BCUT2D eigenvalue weighted by Gasteiger charge is -2.06. The van der Waals surface area contributed by atoms with Gasteiger partial charge >= 0.3 is 0 Å². The number of nitrogens with zero attached hydrogens (tertiary/aromatic N) is 1. The number of para-hydroxylation sites is 1. The highest BCUT2D eigenvalue weighted by Gasteiger charge is 2.14. The first-order valence-electron chi connectivity index (χ1n) is 6.18. The number of H-pyrrole nitrogens is 1. The molecule has 0 saturated heterocycles. The molecule has 21 heavy (non-hydrogen) atoms. The van der Waals surface area contributed by atoms with Crippen LogP contribution in [0.4, 0.5) is 5.69 Å². The highest BCUT2D eigenvalue weighted by Crippen LogP contribution is 2.18. The van der Waals surface area contributed by atoms with Crippen LogP contribution >= 0.6 is 11.6 Å². The Labute approximate surface area is 124 Å². The zero-order chi connectivity index (χ0) is 14.8. The van der Waals surface area contributed by atoms with Crippen molar-refractivity contribution in [1.29, 1.82) is 0 Å². The predicted octanol–water partition coefficient (Wildman–Crippen LogP) is 2.83. The molecule has 2 N–H and O–H groups in total. The molecule has 0 unspecified atom stereocenters. The van der Waals surface area contributed by atoms with Gasteiger partial charge in [0.2, 0.25) is 5.43 Å². The summed E-state index contributed by atoms with van der Waals surface area (Å²) in [4.78, 5) is 31.3. The number of amides is 1. The Morgan fingerprint density at radius 3 is 2.86 bits per heavy atom. The Morgan fingerprint density at radius 1 is 1.24 bits per heavy atom. The second-order valence-corrected chi connectivity index (χ2v) is 4.80. The summed E-state index contributed by atoms with van der Waals surface area (Å²) in [7, 11) is 0. The molecule has 5 nitrogen and oxygen atoms in total. The fraction of sp³-hybridized carbons (Fsp3) is 0. The van der Waals surface area contributed by atoms with E-state index in [1.54, 1.807) is 36.5 Å². The third kappa shape index (κ3) is 2.51. The SMILES string of the molecule is O=C(Nc1cccnc1)c1c[nH]c2c(Cl)cccc2c1=O. The maximum absolute atomic E-state index is 12.4. The number of aromatic nitrogens is 2. The van der Waals surface area contributed by atoms with Crippen molar-refractivity contribution in [3.8, 4) is 0 Å². The van der Waals surface area contributed by atoms with Gasteiger partial charge in [-0.25, -0.2) is 0 Å². The van der Waals surface area contributed by atoms with Crippen LogP contribution in [0, 0.1) is 0 Å². The Kier molecular flexibility index (Phi) is 3.41. The van der Waals surface area contributed by atoms with E-state index in [1.807, 2.05) is 0 Å². The zero-order valence-corrected chi connectivity index (χ0v) is 11.5. The van der Waals surface area contributed by atoms with Gasteiger partial charge < -0.3 is 10.3 Å². The summed E-state index contributed by atoms with van der Waals surface area (Å²) in [6.07, 6.45) is 4.47. The Balaban J connectivity index is 2.03. The molecule has 2 heterocycles. The summed E-state index contributed by atoms with van der Waals surface area (Å²) >= 11 is 6.01. The molecule has 0 aliphatic heterocycles. The Hall–Kier alpha value is -2.66. The average Bonchev–Trinajstić information content (AvgIpc) is 2.49. The highest BCUT2D eigenvalue weighted by molar-refractivity contribution is 6.35. The first-order valence-corrected chi connectivity index (χ1v) is 6.56. The van der Waals surface area contributed by atoms with Crippen LogP contribution in [0.15, 0.2) is 53.7 Å². The molecule has 0 atom stereocenters. The summed E-state index contributed by atoms with van der Waals surface area (Å²) in [5, 5.41) is 3.43. The molecule has 6 heteroatoms. The predicted molar refractivity (Wildman–Crippen MR) is 81.8 cm³/mol. The van der Waals surface area contributed by atoms with Crippen LogP contribution in [-0.2, 0) is 0 Å². The summed E-state index contributed by atoms with van der Waals surface area (Å²) in [5.74, 6) is -0.494. The number of nitrogens with one attached hydrogen (secondary N) is 2. The van der Waals surface area contributed by atoms with E-state index >= 15 is 0 Å². The van der Waals surface area contributed by atoms with Crippen molar-refractivity contribution in [2.24, 2.45) is 0 Å². The molecular weight excluding hydrogens is 290 g/mol. The molecule has 104 valence electrons. The van der Waals surface area contributed by atoms with Gasteiger partial charge in [0, 0.05) is 17.8 Å². The molecule has 0 saturated carbocycles. The van der Waals surface area contributed by atoms with Gasteiger partial charge in [0.15, 0.2) is 0 Å². The first kappa shape index (κ1) is 13.3. The number of pyridine rings is 2. The van der Waals surface area contributed by atoms with E-state index in [2.05, 4.69) is 15.3 Å². The fourth-order valence-electron chi connectivity index (χ4n) is 2.02. The van der Waals surface area contributed by atoms with E-state index in [9.17, 15) is 9.59 Å². The molecule has 0 aliphatic carbocycles. The quantitative estimate of drug-likeness (QED) is 0.764. The second kappa shape index (κ2) is 5.38. The maximum Gasteiger partial charge on any atom is 0.261 e. The lowest BCUT2D eigenvalue weighted by Crippen LogP contribution is -2.22. The van der Waals surface area contributed by atoms with E-state index in [1.165, 1.54) is 12.4 Å². The molecular formula is C15H10ClN3O2. The van der Waals surface area contributed by atoms with E-state index in [4.69, 9.17) is 11.6 Å². The van der Waals surface area contributed by atoms with E-state index in [0.717, 1.165) is 0 Å². The van der Waals surface area contributed by atoms with Gasteiger partial charge in [0.25, 0.3) is 5.91 Å². The monoisotopic (exact) mass is 299 g/mol. The minimum Gasteiger partial charge on any atom is -0.359 e. The number of carbonyl (C=O) groups excluding carboxylic acids is 1. The topological polar surface area (TPSA) is 74.8 Å². The average molecular weight is 300 g/mol. The van der Waals surface area contributed by atoms with E-state index in [0.29, 0.717) is 21.6 Å². The second-order valence-electron chi connectivity index (χ2n) is 4.39. The van der Waals surface area contributed by atoms with Crippen LogP contribution in [0.2, 0.25) is 5.02 Å². The van der Waals surface area contributed by atoms with Gasteiger partial charge in [-0.1, -0.05) is 17.7 Å². The Bertz CT molecular complexity index is 875. The number of benzene rings is 1. The number of rotatable bonds is 2. The first-order chi connectivity index (χ1) is 10.2. The molecule has 0 aliphatic rings. The normalized spacial score (nSPS) is 10.5. The summed E-state index contributed by atoms with van der Waals surface area (Å²) in [5.41, 5.74) is 0.691. The van der Waals surface area contributed by atoms with Crippen molar-refractivity contribution < 1.29 is 4.79 Å². The third-order valence-electron chi connectivity index (χ3n) is 3.03. The van der Waals surface area contributed by atoms with Gasteiger partial charge in [0.1, 0.15) is 5.56 Å². The minimum atomic E-state index is -0.494. The summed E-state index contributed by atoms with van der Waals surface area (Å²) < 4.78 is 0. The molecule has 3 rings (SSSR count). The highest BCUT2D eigenvalue weighted by atomic mass is 35.5. The summed E-state index contributed by atoms with van der Waals surface area (Å²) in [6, 6.07) is 8.36. The largest absolute Gasteiger partial charge is 0.359 e. The number of carbonyl (C=O) groups is 1. The van der Waals surface area contributed by atoms with E-state index < -0.39 is 5.91 Å². The van der Waals surface area contributed by atoms with Crippen LogP contribution in [-0.4, -0.2) is 15.9 Å². The number of anilines is 1. The van der Waals surface area contributed by atoms with Crippen LogP contribution in [0.25, 0.3) is 10.9 Å². The van der Waals surface area contributed by atoms with Crippen LogP contribution in [0.1, 0.15) is 10.4 Å². The van der Waals surface area contributed by atoms with Crippen LogP contribution in [0.3, 0.4) is 0 Å². The standard InChI is InChI=1S/C15H10ClN3O2/c16-12-5-1-4-10-13(12)18-8-11(14(10)20)15(21)19-9-3-2-6-17-7-9/h1-8H,(H,18,20)(H,19,21). The Morgan fingerprint density at radius 2 is 2.10 bits per heavy atom. The van der Waals surface area contributed by atoms with Gasteiger partial charge in [0.05, 0.1) is 22.4 Å². The molecule has 1 amide bonds. The van der Waals surface area contributed by atoms with Gasteiger partial charge in [-0.05, 0) is 24.3 Å². The molecule has 0 spiro atoms. The maximum atomic E-state index is 12.4. The fourth-order valence-corrected chi connectivity index (χ4v) is 2.25. The molecule has 2 aromatic heterocycles. The molecule has 0 fully saturated rings. The van der Waals surface area contributed by atoms with Gasteiger partial charge in [-0.15, -0.1) is 0 Å².